The molecule has 0 bridgehead atoms. The van der Waals surface area contributed by atoms with Crippen LogP contribution >= 0.6 is 0 Å². The number of esters is 1. The van der Waals surface area contributed by atoms with E-state index in [1.807, 2.05) is 0 Å². The number of carboxylic acid groups (broad SMARTS) is 1. The molecule has 5 heteroatoms. The third-order valence-corrected chi connectivity index (χ3v) is 2.64. The van der Waals surface area contributed by atoms with Gasteiger partial charge in [-0.3, -0.25) is 4.79 Å². The Morgan fingerprint density at radius 3 is 2.71 bits per heavy atom. The van der Waals surface area contributed by atoms with Crippen molar-refractivity contribution in [1.29, 1.82) is 0 Å². The average Bonchev–Trinajstić information content (AvgIpc) is 2.30. The average molecular weight is 240 g/mol. The van der Waals surface area contributed by atoms with E-state index in [-0.39, 0.29) is 12.8 Å². The summed E-state index contributed by atoms with van der Waals surface area (Å²) in [6, 6.07) is 0. The third kappa shape index (κ3) is 3.71. The van der Waals surface area contributed by atoms with Gasteiger partial charge < -0.3 is 14.9 Å². The van der Waals surface area contributed by atoms with Crippen LogP contribution in [0.15, 0.2) is 23.8 Å². The van der Waals surface area contributed by atoms with Crippen molar-refractivity contribution in [1.82, 2.24) is 0 Å². The molecule has 0 amide bonds. The first kappa shape index (κ1) is 13.4. The maximum absolute atomic E-state index is 11.3. The summed E-state index contributed by atoms with van der Waals surface area (Å²) in [5.74, 6) is -1.51. The minimum Gasteiger partial charge on any atom is -0.481 e. The number of ether oxygens (including phenoxy) is 1. The number of carbonyl (C=O) groups excluding carboxylic acids is 1. The van der Waals surface area contributed by atoms with Gasteiger partial charge in [0.25, 0.3) is 0 Å². The number of hydrogen-bond acceptors (Lipinski definition) is 4. The summed E-state index contributed by atoms with van der Waals surface area (Å²) in [4.78, 5) is 21.6. The zero-order valence-electron chi connectivity index (χ0n) is 9.68. The minimum absolute atomic E-state index is 0.118. The monoisotopic (exact) mass is 240 g/mol. The molecule has 1 unspecified atom stereocenters. The van der Waals surface area contributed by atoms with Crippen LogP contribution in [0.2, 0.25) is 0 Å². The maximum atomic E-state index is 11.3. The molecule has 0 saturated heterocycles. The van der Waals surface area contributed by atoms with E-state index in [9.17, 15) is 14.7 Å². The Balaban J connectivity index is 2.48. The highest BCUT2D eigenvalue weighted by molar-refractivity contribution is 5.82. The lowest BCUT2D eigenvalue weighted by molar-refractivity contribution is -0.157. The molecule has 17 heavy (non-hydrogen) atoms. The van der Waals surface area contributed by atoms with E-state index in [1.54, 1.807) is 12.2 Å². The van der Waals surface area contributed by atoms with Gasteiger partial charge >= 0.3 is 11.9 Å². The smallest absolute Gasteiger partial charge is 0.342 e. The van der Waals surface area contributed by atoms with E-state index in [4.69, 9.17) is 5.11 Å². The highest BCUT2D eigenvalue weighted by Crippen LogP contribution is 2.24. The molecule has 0 aromatic rings. The Bertz CT molecular complexity index is 369. The molecule has 1 rings (SSSR count). The molecule has 2 N–H and O–H groups in total. The van der Waals surface area contributed by atoms with Gasteiger partial charge in [0.1, 0.15) is 0 Å². The lowest BCUT2D eigenvalue weighted by Gasteiger charge is -2.23. The van der Waals surface area contributed by atoms with Gasteiger partial charge in [0.15, 0.2) is 5.60 Å². The van der Waals surface area contributed by atoms with Crippen LogP contribution in [0.1, 0.15) is 25.7 Å². The fraction of sp³-hybridized carbons (Fsp3) is 0.500. The van der Waals surface area contributed by atoms with Crippen LogP contribution in [0.3, 0.4) is 0 Å². The SMILES string of the molecule is COC(=O)C1(O)C=CC(CCCC(=O)O)=CC1. The van der Waals surface area contributed by atoms with Crippen LogP contribution in [0, 0.1) is 0 Å². The quantitative estimate of drug-likeness (QED) is 0.701. The summed E-state index contributed by atoms with van der Waals surface area (Å²) < 4.78 is 4.49. The Morgan fingerprint density at radius 2 is 2.24 bits per heavy atom. The molecular weight excluding hydrogens is 224 g/mol. The van der Waals surface area contributed by atoms with E-state index in [0.717, 1.165) is 5.57 Å². The zero-order valence-corrected chi connectivity index (χ0v) is 9.68. The Morgan fingerprint density at radius 1 is 1.53 bits per heavy atom. The molecule has 0 saturated carbocycles. The predicted molar refractivity (Wildman–Crippen MR) is 60.3 cm³/mol. The second-order valence-corrected chi connectivity index (χ2v) is 3.98. The van der Waals surface area contributed by atoms with Gasteiger partial charge in [0.05, 0.1) is 7.11 Å². The molecule has 5 nitrogen and oxygen atoms in total. The second kappa shape index (κ2) is 5.63. The number of allylic oxidation sites excluding steroid dienone is 2. The van der Waals surface area contributed by atoms with E-state index >= 15 is 0 Å². The summed E-state index contributed by atoms with van der Waals surface area (Å²) in [5.41, 5.74) is -0.648. The van der Waals surface area contributed by atoms with Crippen molar-refractivity contribution in [3.8, 4) is 0 Å². The van der Waals surface area contributed by atoms with Gasteiger partial charge in [-0.25, -0.2) is 4.79 Å². The summed E-state index contributed by atoms with van der Waals surface area (Å²) in [6.07, 6.45) is 6.23. The topological polar surface area (TPSA) is 83.8 Å². The molecule has 0 fully saturated rings. The van der Waals surface area contributed by atoms with Crippen molar-refractivity contribution in [3.05, 3.63) is 23.8 Å². The highest BCUT2D eigenvalue weighted by Gasteiger charge is 2.34. The maximum Gasteiger partial charge on any atom is 0.342 e. The minimum atomic E-state index is -1.58. The first-order chi connectivity index (χ1) is 7.98. The van der Waals surface area contributed by atoms with Gasteiger partial charge in [-0.15, -0.1) is 0 Å². The fourth-order valence-electron chi connectivity index (χ4n) is 1.62. The molecule has 0 radical (unpaired) electrons. The molecule has 0 aromatic carbocycles. The number of methoxy groups -OCH3 is 1. The largest absolute Gasteiger partial charge is 0.481 e. The molecule has 1 aliphatic rings. The molecular formula is C12H16O5. The van der Waals surface area contributed by atoms with Crippen molar-refractivity contribution in [3.63, 3.8) is 0 Å². The van der Waals surface area contributed by atoms with E-state index in [0.29, 0.717) is 12.8 Å². The van der Waals surface area contributed by atoms with Crippen LogP contribution in [0.25, 0.3) is 0 Å². The number of aliphatic carboxylic acids is 1. The molecule has 1 aliphatic carbocycles. The first-order valence-corrected chi connectivity index (χ1v) is 5.39. The van der Waals surface area contributed by atoms with Crippen molar-refractivity contribution in [2.75, 3.05) is 7.11 Å². The summed E-state index contributed by atoms with van der Waals surface area (Å²) in [7, 11) is 1.22. The fourth-order valence-corrected chi connectivity index (χ4v) is 1.62. The Hall–Kier alpha value is -1.62. The second-order valence-electron chi connectivity index (χ2n) is 3.98. The van der Waals surface area contributed by atoms with Crippen molar-refractivity contribution >= 4 is 11.9 Å². The van der Waals surface area contributed by atoms with Gasteiger partial charge in [-0.2, -0.15) is 0 Å². The van der Waals surface area contributed by atoms with Crippen LogP contribution in [-0.4, -0.2) is 34.9 Å². The Kier molecular flexibility index (Phi) is 4.45. The normalized spacial score (nSPS) is 23.1. The molecule has 1 atom stereocenters. The summed E-state index contributed by atoms with van der Waals surface area (Å²) in [6.45, 7) is 0. The van der Waals surface area contributed by atoms with Gasteiger partial charge in [-0.1, -0.05) is 17.7 Å². The lowest BCUT2D eigenvalue weighted by Crippen LogP contribution is -2.38. The molecule has 0 heterocycles. The summed E-state index contributed by atoms with van der Waals surface area (Å²) >= 11 is 0. The van der Waals surface area contributed by atoms with Crippen LogP contribution in [-0.2, 0) is 14.3 Å². The van der Waals surface area contributed by atoms with Crippen LogP contribution in [0.4, 0.5) is 0 Å². The standard InChI is InChI=1S/C12H16O5/c1-17-11(15)12(16)7-5-9(6-8-12)3-2-4-10(13)14/h5-7,16H,2-4,8H2,1H3,(H,13,14). The molecule has 0 aromatic heterocycles. The predicted octanol–water partition coefficient (Wildman–Crippen LogP) is 1.03. The number of carbonyl (C=O) groups is 2. The van der Waals surface area contributed by atoms with Crippen molar-refractivity contribution in [2.24, 2.45) is 0 Å². The summed E-state index contributed by atoms with van der Waals surface area (Å²) in [5, 5.41) is 18.4. The van der Waals surface area contributed by atoms with Crippen LogP contribution < -0.4 is 0 Å². The zero-order chi connectivity index (χ0) is 12.9. The van der Waals surface area contributed by atoms with Crippen molar-refractivity contribution in [2.45, 2.75) is 31.3 Å². The number of aliphatic hydroxyl groups is 1. The molecule has 0 spiro atoms. The van der Waals surface area contributed by atoms with Gasteiger partial charge in [-0.05, 0) is 18.9 Å². The third-order valence-electron chi connectivity index (χ3n) is 2.64. The molecule has 94 valence electrons. The van der Waals surface area contributed by atoms with Crippen LogP contribution in [0.5, 0.6) is 0 Å². The molecule has 0 aliphatic heterocycles. The highest BCUT2D eigenvalue weighted by atomic mass is 16.5. The number of hydrogen-bond donors (Lipinski definition) is 2. The van der Waals surface area contributed by atoms with E-state index in [1.165, 1.54) is 13.2 Å². The lowest BCUT2D eigenvalue weighted by atomic mass is 9.90. The van der Waals surface area contributed by atoms with Gasteiger partial charge in [0, 0.05) is 12.8 Å². The van der Waals surface area contributed by atoms with E-state index in [2.05, 4.69) is 4.74 Å². The number of carboxylic acids is 1. The Labute approximate surface area is 99.4 Å². The first-order valence-electron chi connectivity index (χ1n) is 5.39. The number of rotatable bonds is 5. The van der Waals surface area contributed by atoms with Crippen molar-refractivity contribution < 1.29 is 24.5 Å². The van der Waals surface area contributed by atoms with Gasteiger partial charge in [0.2, 0.25) is 0 Å². The van der Waals surface area contributed by atoms with E-state index < -0.39 is 17.5 Å².